The van der Waals surface area contributed by atoms with Crippen LogP contribution in [-0.4, -0.2) is 60.4 Å². The molecule has 2 saturated heterocycles. The monoisotopic (exact) mass is 414 g/mol. The number of piperidine rings is 2. The number of anilines is 1. The Hall–Kier alpha value is -1.92. The molecule has 6 heteroatoms. The van der Waals surface area contributed by atoms with Crippen LogP contribution in [0.1, 0.15) is 57.9 Å². The summed E-state index contributed by atoms with van der Waals surface area (Å²) in [5.74, 6) is 0.436. The lowest BCUT2D eigenvalue weighted by atomic mass is 9.95. The number of amides is 2. The number of benzene rings is 1. The van der Waals surface area contributed by atoms with E-state index in [0.717, 1.165) is 57.8 Å². The molecule has 2 heterocycles. The third-order valence-corrected chi connectivity index (χ3v) is 6.14. The minimum atomic E-state index is 0.0927. The number of hydrogen-bond donors (Lipinski definition) is 2. The van der Waals surface area contributed by atoms with Gasteiger partial charge in [-0.3, -0.25) is 14.5 Å². The van der Waals surface area contributed by atoms with Crippen LogP contribution in [0.2, 0.25) is 0 Å². The molecule has 0 spiro atoms. The Morgan fingerprint density at radius 3 is 2.27 bits per heavy atom. The summed E-state index contributed by atoms with van der Waals surface area (Å²) in [6.45, 7) is 9.91. The number of nitrogens with one attached hydrogen (secondary N) is 2. The molecular formula is C24H38N4O2. The third kappa shape index (κ3) is 7.40. The van der Waals surface area contributed by atoms with Gasteiger partial charge < -0.3 is 15.5 Å². The standard InChI is InChI=1S/C24H38N4O2/c1-19(2)25-24(30)21-10-15-28(16-11-21)18-20-6-8-22(9-7-20)26-23(29)12-17-27-13-4-3-5-14-27/h6-9,19,21H,3-5,10-18H2,1-2H3,(H,25,30)(H,26,29). The van der Waals surface area contributed by atoms with Crippen LogP contribution in [0.5, 0.6) is 0 Å². The van der Waals surface area contributed by atoms with E-state index in [2.05, 4.69) is 32.6 Å². The van der Waals surface area contributed by atoms with E-state index in [4.69, 9.17) is 0 Å². The molecule has 2 N–H and O–H groups in total. The molecule has 0 atom stereocenters. The van der Waals surface area contributed by atoms with Gasteiger partial charge >= 0.3 is 0 Å². The van der Waals surface area contributed by atoms with Gasteiger partial charge in [0.25, 0.3) is 0 Å². The smallest absolute Gasteiger partial charge is 0.225 e. The van der Waals surface area contributed by atoms with Crippen molar-refractivity contribution in [3.05, 3.63) is 29.8 Å². The van der Waals surface area contributed by atoms with Crippen molar-refractivity contribution in [3.63, 3.8) is 0 Å². The van der Waals surface area contributed by atoms with Crippen LogP contribution in [0.15, 0.2) is 24.3 Å². The molecule has 0 bridgehead atoms. The Labute approximate surface area is 181 Å². The molecule has 166 valence electrons. The Balaban J connectivity index is 1.37. The van der Waals surface area contributed by atoms with Crippen molar-refractivity contribution in [1.29, 1.82) is 0 Å². The van der Waals surface area contributed by atoms with E-state index in [9.17, 15) is 9.59 Å². The minimum absolute atomic E-state index is 0.0927. The van der Waals surface area contributed by atoms with Gasteiger partial charge in [0.2, 0.25) is 11.8 Å². The van der Waals surface area contributed by atoms with Gasteiger partial charge in [-0.25, -0.2) is 0 Å². The average molecular weight is 415 g/mol. The van der Waals surface area contributed by atoms with E-state index in [1.165, 1.54) is 24.8 Å². The van der Waals surface area contributed by atoms with Gasteiger partial charge in [-0.2, -0.15) is 0 Å². The lowest BCUT2D eigenvalue weighted by molar-refractivity contribution is -0.127. The lowest BCUT2D eigenvalue weighted by Gasteiger charge is -2.31. The zero-order chi connectivity index (χ0) is 21.3. The summed E-state index contributed by atoms with van der Waals surface area (Å²) >= 11 is 0. The van der Waals surface area contributed by atoms with E-state index in [-0.39, 0.29) is 23.8 Å². The first-order valence-electron chi connectivity index (χ1n) is 11.6. The Morgan fingerprint density at radius 1 is 0.967 bits per heavy atom. The summed E-state index contributed by atoms with van der Waals surface area (Å²) in [6, 6.07) is 8.39. The van der Waals surface area contributed by atoms with Crippen molar-refractivity contribution in [3.8, 4) is 0 Å². The average Bonchev–Trinajstić information content (AvgIpc) is 2.74. The molecule has 3 rings (SSSR count). The fourth-order valence-corrected chi connectivity index (χ4v) is 4.37. The largest absolute Gasteiger partial charge is 0.354 e. The van der Waals surface area contributed by atoms with Crippen LogP contribution in [0.4, 0.5) is 5.69 Å². The summed E-state index contributed by atoms with van der Waals surface area (Å²) < 4.78 is 0. The quantitative estimate of drug-likeness (QED) is 0.685. The number of rotatable bonds is 8. The number of hydrogen-bond acceptors (Lipinski definition) is 4. The lowest BCUT2D eigenvalue weighted by Crippen LogP contribution is -2.42. The van der Waals surface area contributed by atoms with E-state index < -0.39 is 0 Å². The molecule has 0 unspecified atom stereocenters. The second-order valence-corrected chi connectivity index (χ2v) is 9.11. The molecular weight excluding hydrogens is 376 g/mol. The molecule has 2 amide bonds. The van der Waals surface area contributed by atoms with Crippen molar-refractivity contribution in [2.75, 3.05) is 38.0 Å². The van der Waals surface area contributed by atoms with Gasteiger partial charge in [-0.1, -0.05) is 18.6 Å². The van der Waals surface area contributed by atoms with Crippen molar-refractivity contribution in [1.82, 2.24) is 15.1 Å². The van der Waals surface area contributed by atoms with E-state index in [1.54, 1.807) is 0 Å². The second kappa shape index (κ2) is 11.5. The molecule has 0 saturated carbocycles. The maximum Gasteiger partial charge on any atom is 0.225 e. The molecule has 0 radical (unpaired) electrons. The minimum Gasteiger partial charge on any atom is -0.354 e. The number of likely N-dealkylation sites (tertiary alicyclic amines) is 2. The summed E-state index contributed by atoms with van der Waals surface area (Å²) in [6.07, 6.45) is 6.23. The van der Waals surface area contributed by atoms with Crippen molar-refractivity contribution >= 4 is 17.5 Å². The molecule has 0 aromatic heterocycles. The van der Waals surface area contributed by atoms with Crippen molar-refractivity contribution in [2.24, 2.45) is 5.92 Å². The summed E-state index contributed by atoms with van der Waals surface area (Å²) in [5, 5.41) is 6.05. The van der Waals surface area contributed by atoms with Gasteiger partial charge in [0, 0.05) is 37.2 Å². The predicted octanol–water partition coefficient (Wildman–Crippen LogP) is 3.24. The SMILES string of the molecule is CC(C)NC(=O)C1CCN(Cc2ccc(NC(=O)CCN3CCCCC3)cc2)CC1. The Bertz CT molecular complexity index is 675. The predicted molar refractivity (Wildman–Crippen MR) is 121 cm³/mol. The number of carbonyl (C=O) groups excluding carboxylic acids is 2. The van der Waals surface area contributed by atoms with E-state index in [0.29, 0.717) is 6.42 Å². The van der Waals surface area contributed by atoms with Crippen LogP contribution in [-0.2, 0) is 16.1 Å². The van der Waals surface area contributed by atoms with Crippen LogP contribution in [0.3, 0.4) is 0 Å². The van der Waals surface area contributed by atoms with Crippen LogP contribution in [0.25, 0.3) is 0 Å². The van der Waals surface area contributed by atoms with Crippen molar-refractivity contribution in [2.45, 2.75) is 65.0 Å². The molecule has 2 aliphatic heterocycles. The van der Waals surface area contributed by atoms with Gasteiger partial charge in [-0.15, -0.1) is 0 Å². The highest BCUT2D eigenvalue weighted by atomic mass is 16.2. The Morgan fingerprint density at radius 2 is 1.63 bits per heavy atom. The Kier molecular flexibility index (Phi) is 8.70. The molecule has 6 nitrogen and oxygen atoms in total. The van der Waals surface area contributed by atoms with Gasteiger partial charge in [0.15, 0.2) is 0 Å². The maximum absolute atomic E-state index is 12.2. The highest BCUT2D eigenvalue weighted by Gasteiger charge is 2.25. The van der Waals surface area contributed by atoms with E-state index in [1.807, 2.05) is 26.0 Å². The second-order valence-electron chi connectivity index (χ2n) is 9.11. The molecule has 1 aromatic rings. The van der Waals surface area contributed by atoms with E-state index >= 15 is 0 Å². The zero-order valence-electron chi connectivity index (χ0n) is 18.7. The maximum atomic E-state index is 12.2. The molecule has 30 heavy (non-hydrogen) atoms. The first-order valence-corrected chi connectivity index (χ1v) is 11.6. The van der Waals surface area contributed by atoms with Crippen molar-refractivity contribution < 1.29 is 9.59 Å². The fourth-order valence-electron chi connectivity index (χ4n) is 4.37. The first-order chi connectivity index (χ1) is 14.5. The number of nitrogens with zero attached hydrogens (tertiary/aromatic N) is 2. The zero-order valence-corrected chi connectivity index (χ0v) is 18.7. The molecule has 2 aliphatic rings. The highest BCUT2D eigenvalue weighted by molar-refractivity contribution is 5.90. The summed E-state index contributed by atoms with van der Waals surface area (Å²) in [4.78, 5) is 29.2. The molecule has 1 aromatic carbocycles. The van der Waals surface area contributed by atoms with Gasteiger partial charge in [0.1, 0.15) is 0 Å². The first kappa shape index (κ1) is 22.8. The molecule has 2 fully saturated rings. The number of carbonyl (C=O) groups is 2. The topological polar surface area (TPSA) is 64.7 Å². The normalized spacial score (nSPS) is 19.0. The summed E-state index contributed by atoms with van der Waals surface area (Å²) in [5.41, 5.74) is 2.11. The van der Waals surface area contributed by atoms with Gasteiger partial charge in [-0.05, 0) is 83.4 Å². The molecule has 0 aliphatic carbocycles. The van der Waals surface area contributed by atoms with Gasteiger partial charge in [0.05, 0.1) is 0 Å². The summed E-state index contributed by atoms with van der Waals surface area (Å²) in [7, 11) is 0. The van der Waals surface area contributed by atoms with Crippen LogP contribution < -0.4 is 10.6 Å². The third-order valence-electron chi connectivity index (χ3n) is 6.14. The van der Waals surface area contributed by atoms with Crippen LogP contribution in [0, 0.1) is 5.92 Å². The van der Waals surface area contributed by atoms with Crippen LogP contribution >= 0.6 is 0 Å². The fraction of sp³-hybridized carbons (Fsp3) is 0.667. The highest BCUT2D eigenvalue weighted by Crippen LogP contribution is 2.20.